The number of benzene rings is 1. The second-order valence-electron chi connectivity index (χ2n) is 5.06. The van der Waals surface area contributed by atoms with Crippen LogP contribution in [0.3, 0.4) is 0 Å². The zero-order chi connectivity index (χ0) is 13.1. The van der Waals surface area contributed by atoms with Crippen molar-refractivity contribution in [2.45, 2.75) is 31.8 Å². The Balaban J connectivity index is 1.98. The van der Waals surface area contributed by atoms with Crippen LogP contribution in [0.15, 0.2) is 24.3 Å². The molecule has 18 heavy (non-hydrogen) atoms. The summed E-state index contributed by atoms with van der Waals surface area (Å²) in [5.41, 5.74) is 6.83. The summed E-state index contributed by atoms with van der Waals surface area (Å²) >= 11 is 6.10. The molecular formula is C14H19ClN2O. The minimum Gasteiger partial charge on any atom is -0.341 e. The van der Waals surface area contributed by atoms with Gasteiger partial charge in [-0.3, -0.25) is 4.79 Å². The lowest BCUT2D eigenvalue weighted by atomic mass is 10.1. The Morgan fingerprint density at radius 1 is 1.44 bits per heavy atom. The molecule has 3 nitrogen and oxygen atoms in total. The summed E-state index contributed by atoms with van der Waals surface area (Å²) in [6.07, 6.45) is 2.68. The summed E-state index contributed by atoms with van der Waals surface area (Å²) in [6.45, 7) is 0.560. The van der Waals surface area contributed by atoms with Crippen molar-refractivity contribution in [3.05, 3.63) is 34.9 Å². The Hall–Kier alpha value is -1.06. The molecule has 1 aromatic rings. The molecule has 0 aromatic heterocycles. The number of hydrogen-bond acceptors (Lipinski definition) is 2. The van der Waals surface area contributed by atoms with Gasteiger partial charge in [-0.2, -0.15) is 0 Å². The third kappa shape index (κ3) is 3.03. The van der Waals surface area contributed by atoms with E-state index in [1.165, 1.54) is 0 Å². The first-order valence-corrected chi connectivity index (χ1v) is 6.69. The molecule has 0 bridgehead atoms. The van der Waals surface area contributed by atoms with E-state index in [0.29, 0.717) is 11.6 Å². The van der Waals surface area contributed by atoms with Gasteiger partial charge in [0.1, 0.15) is 0 Å². The van der Waals surface area contributed by atoms with E-state index in [1.807, 2.05) is 31.3 Å². The van der Waals surface area contributed by atoms with Gasteiger partial charge < -0.3 is 10.6 Å². The molecule has 0 radical (unpaired) electrons. The van der Waals surface area contributed by atoms with Crippen molar-refractivity contribution in [1.82, 2.24) is 4.90 Å². The summed E-state index contributed by atoms with van der Waals surface area (Å²) in [6, 6.07) is 7.81. The molecule has 0 saturated heterocycles. The molecule has 0 spiro atoms. The number of carbonyl (C=O) groups is 1. The maximum atomic E-state index is 12.2. The summed E-state index contributed by atoms with van der Waals surface area (Å²) in [5, 5.41) is 0.709. The minimum absolute atomic E-state index is 0.0903. The third-order valence-electron chi connectivity index (χ3n) is 3.56. The van der Waals surface area contributed by atoms with Crippen molar-refractivity contribution in [2.75, 3.05) is 7.05 Å². The van der Waals surface area contributed by atoms with Gasteiger partial charge in [0.2, 0.25) is 5.91 Å². The lowest BCUT2D eigenvalue weighted by Crippen LogP contribution is -2.32. The predicted molar refractivity (Wildman–Crippen MR) is 73.2 cm³/mol. The molecule has 2 atom stereocenters. The zero-order valence-electron chi connectivity index (χ0n) is 10.6. The van der Waals surface area contributed by atoms with Crippen LogP contribution in [0.4, 0.5) is 0 Å². The van der Waals surface area contributed by atoms with Gasteiger partial charge in [0.15, 0.2) is 0 Å². The third-order valence-corrected chi connectivity index (χ3v) is 3.93. The highest BCUT2D eigenvalue weighted by atomic mass is 35.5. The number of carbonyl (C=O) groups excluding carboxylic acids is 1. The van der Waals surface area contributed by atoms with Gasteiger partial charge in [-0.1, -0.05) is 29.8 Å². The fourth-order valence-corrected chi connectivity index (χ4v) is 2.71. The normalized spacial score (nSPS) is 23.1. The van der Waals surface area contributed by atoms with Gasteiger partial charge in [0.05, 0.1) is 0 Å². The fourth-order valence-electron chi connectivity index (χ4n) is 2.51. The highest BCUT2D eigenvalue weighted by molar-refractivity contribution is 6.31. The van der Waals surface area contributed by atoms with Crippen LogP contribution in [0.2, 0.25) is 5.02 Å². The molecule has 1 aliphatic carbocycles. The summed E-state index contributed by atoms with van der Waals surface area (Å²) in [5.74, 6) is 0.273. The molecule has 1 fully saturated rings. The largest absolute Gasteiger partial charge is 0.341 e. The van der Waals surface area contributed by atoms with E-state index in [2.05, 4.69) is 0 Å². The standard InChI is InChI=1S/C14H19ClN2O/c1-17(9-11-4-2-3-5-13(11)15)14(18)10-6-7-12(16)8-10/h2-5,10,12H,6-9,16H2,1H3. The van der Waals surface area contributed by atoms with Crippen LogP contribution in [0.1, 0.15) is 24.8 Å². The number of nitrogens with zero attached hydrogens (tertiary/aromatic N) is 1. The lowest BCUT2D eigenvalue weighted by molar-refractivity contribution is -0.134. The van der Waals surface area contributed by atoms with Gasteiger partial charge in [-0.05, 0) is 30.9 Å². The Morgan fingerprint density at radius 2 is 2.17 bits per heavy atom. The van der Waals surface area contributed by atoms with Gasteiger partial charge >= 0.3 is 0 Å². The van der Waals surface area contributed by atoms with Crippen LogP contribution in [-0.4, -0.2) is 23.9 Å². The zero-order valence-corrected chi connectivity index (χ0v) is 11.4. The molecule has 98 valence electrons. The van der Waals surface area contributed by atoms with Crippen molar-refractivity contribution in [3.8, 4) is 0 Å². The Morgan fingerprint density at radius 3 is 2.78 bits per heavy atom. The quantitative estimate of drug-likeness (QED) is 0.913. The maximum absolute atomic E-state index is 12.2. The van der Waals surface area contributed by atoms with Crippen molar-refractivity contribution >= 4 is 17.5 Å². The summed E-state index contributed by atoms with van der Waals surface area (Å²) in [4.78, 5) is 14.0. The van der Waals surface area contributed by atoms with Crippen LogP contribution >= 0.6 is 11.6 Å². The van der Waals surface area contributed by atoms with Gasteiger partial charge in [-0.25, -0.2) is 0 Å². The molecule has 1 saturated carbocycles. The molecule has 2 N–H and O–H groups in total. The average Bonchev–Trinajstić information content (AvgIpc) is 2.78. The van der Waals surface area contributed by atoms with Crippen molar-refractivity contribution in [3.63, 3.8) is 0 Å². The number of hydrogen-bond donors (Lipinski definition) is 1. The fraction of sp³-hybridized carbons (Fsp3) is 0.500. The Bertz CT molecular complexity index is 436. The second-order valence-corrected chi connectivity index (χ2v) is 5.46. The van der Waals surface area contributed by atoms with Crippen LogP contribution in [-0.2, 0) is 11.3 Å². The molecule has 4 heteroatoms. The molecule has 0 aliphatic heterocycles. The van der Waals surface area contributed by atoms with Crippen molar-refractivity contribution < 1.29 is 4.79 Å². The molecule has 1 aliphatic rings. The number of rotatable bonds is 3. The Labute approximate surface area is 113 Å². The van der Waals surface area contributed by atoms with Gasteiger partial charge in [0.25, 0.3) is 0 Å². The first kappa shape index (κ1) is 13.4. The van der Waals surface area contributed by atoms with Crippen molar-refractivity contribution in [1.29, 1.82) is 0 Å². The van der Waals surface area contributed by atoms with Crippen molar-refractivity contribution in [2.24, 2.45) is 11.7 Å². The molecule has 2 unspecified atom stereocenters. The number of nitrogens with two attached hydrogens (primary N) is 1. The van der Waals surface area contributed by atoms with Crippen LogP contribution in [0, 0.1) is 5.92 Å². The van der Waals surface area contributed by atoms with Crippen LogP contribution in [0.25, 0.3) is 0 Å². The van der Waals surface area contributed by atoms with E-state index in [4.69, 9.17) is 17.3 Å². The molecular weight excluding hydrogens is 248 g/mol. The smallest absolute Gasteiger partial charge is 0.225 e. The monoisotopic (exact) mass is 266 g/mol. The highest BCUT2D eigenvalue weighted by Gasteiger charge is 2.29. The second kappa shape index (κ2) is 5.72. The SMILES string of the molecule is CN(Cc1ccccc1Cl)C(=O)C1CCC(N)C1. The lowest BCUT2D eigenvalue weighted by Gasteiger charge is -2.21. The highest BCUT2D eigenvalue weighted by Crippen LogP contribution is 2.26. The van der Waals surface area contributed by atoms with E-state index < -0.39 is 0 Å². The summed E-state index contributed by atoms with van der Waals surface area (Å²) < 4.78 is 0. The number of amides is 1. The van der Waals surface area contributed by atoms with E-state index in [0.717, 1.165) is 24.8 Å². The van der Waals surface area contributed by atoms with Gasteiger partial charge in [-0.15, -0.1) is 0 Å². The average molecular weight is 267 g/mol. The Kier molecular flexibility index (Phi) is 4.25. The minimum atomic E-state index is 0.0903. The first-order valence-electron chi connectivity index (χ1n) is 6.32. The molecule has 0 heterocycles. The molecule has 2 rings (SSSR count). The van der Waals surface area contributed by atoms with Gasteiger partial charge in [0, 0.05) is 30.6 Å². The maximum Gasteiger partial charge on any atom is 0.225 e. The van der Waals surface area contributed by atoms with Crippen LogP contribution < -0.4 is 5.73 Å². The van der Waals surface area contributed by atoms with E-state index in [9.17, 15) is 4.79 Å². The van der Waals surface area contributed by atoms with E-state index in [-0.39, 0.29) is 17.9 Å². The molecule has 1 amide bonds. The summed E-state index contributed by atoms with van der Waals surface area (Å²) in [7, 11) is 1.83. The van der Waals surface area contributed by atoms with Crippen LogP contribution in [0.5, 0.6) is 0 Å². The predicted octanol–water partition coefficient (Wildman–Crippen LogP) is 2.43. The number of halogens is 1. The topological polar surface area (TPSA) is 46.3 Å². The van der Waals surface area contributed by atoms with E-state index in [1.54, 1.807) is 4.90 Å². The van der Waals surface area contributed by atoms with E-state index >= 15 is 0 Å². The molecule has 1 aromatic carbocycles. The first-order chi connectivity index (χ1) is 8.58.